The lowest BCUT2D eigenvalue weighted by Gasteiger charge is -2.32. The fourth-order valence-corrected chi connectivity index (χ4v) is 3.73. The third-order valence-corrected chi connectivity index (χ3v) is 5.30. The summed E-state index contributed by atoms with van der Waals surface area (Å²) in [7, 11) is 0. The normalized spacial score (nSPS) is 14.7. The molecule has 1 heterocycles. The first-order valence-corrected chi connectivity index (χ1v) is 9.22. The molecule has 1 saturated heterocycles. The Morgan fingerprint density at radius 2 is 1.86 bits per heavy atom. The van der Waals surface area contributed by atoms with E-state index in [1.54, 1.807) is 30.0 Å². The molecule has 0 unspecified atom stereocenters. The summed E-state index contributed by atoms with van der Waals surface area (Å²) in [5, 5.41) is 20.2. The van der Waals surface area contributed by atoms with Gasteiger partial charge in [-0.15, -0.1) is 0 Å². The number of aromatic carboxylic acids is 1. The van der Waals surface area contributed by atoms with Crippen LogP contribution in [-0.4, -0.2) is 39.9 Å². The van der Waals surface area contributed by atoms with Crippen LogP contribution in [0.1, 0.15) is 44.7 Å². The van der Waals surface area contributed by atoms with E-state index in [9.17, 15) is 24.8 Å². The zero-order valence-electron chi connectivity index (χ0n) is 15.6. The van der Waals surface area contributed by atoms with E-state index in [-0.39, 0.29) is 11.6 Å². The number of rotatable bonds is 5. The highest BCUT2D eigenvalue weighted by Gasteiger charge is 2.25. The zero-order valence-corrected chi connectivity index (χ0v) is 15.6. The van der Waals surface area contributed by atoms with Crippen molar-refractivity contribution < 1.29 is 19.6 Å². The summed E-state index contributed by atoms with van der Waals surface area (Å²) in [4.78, 5) is 36.3. The Balaban J connectivity index is 1.63. The standard InChI is InChI=1S/C21H22N2O5/c1-14-12-17(6-7-19(14)23(27)28)20(24)22-10-8-15(9-11-22)13-16-4-2-3-5-18(16)21(25)26/h2-7,12,15H,8-11,13H2,1H3,(H,25,26). The number of carboxylic acid groups (broad SMARTS) is 1. The van der Waals surface area contributed by atoms with Crippen molar-refractivity contribution in [2.24, 2.45) is 5.92 Å². The van der Waals surface area contributed by atoms with Crippen molar-refractivity contribution in [2.75, 3.05) is 13.1 Å². The number of benzene rings is 2. The Kier molecular flexibility index (Phi) is 5.73. The van der Waals surface area contributed by atoms with Gasteiger partial charge in [-0.1, -0.05) is 18.2 Å². The molecule has 0 atom stereocenters. The molecule has 1 aliphatic rings. The summed E-state index contributed by atoms with van der Waals surface area (Å²) < 4.78 is 0. The molecule has 0 aliphatic carbocycles. The van der Waals surface area contributed by atoms with E-state index >= 15 is 0 Å². The van der Waals surface area contributed by atoms with Crippen LogP contribution in [0, 0.1) is 23.0 Å². The van der Waals surface area contributed by atoms with Gasteiger partial charge in [0, 0.05) is 30.3 Å². The smallest absolute Gasteiger partial charge is 0.335 e. The number of hydrogen-bond donors (Lipinski definition) is 1. The lowest BCUT2D eigenvalue weighted by atomic mass is 9.88. The number of nitro groups is 1. The molecule has 2 aromatic carbocycles. The van der Waals surface area contributed by atoms with Crippen molar-refractivity contribution in [3.8, 4) is 0 Å². The lowest BCUT2D eigenvalue weighted by Crippen LogP contribution is -2.39. The van der Waals surface area contributed by atoms with E-state index in [1.807, 2.05) is 12.1 Å². The predicted molar refractivity (Wildman–Crippen MR) is 104 cm³/mol. The van der Waals surface area contributed by atoms with Crippen molar-refractivity contribution in [1.82, 2.24) is 4.90 Å². The lowest BCUT2D eigenvalue weighted by molar-refractivity contribution is -0.385. The van der Waals surface area contributed by atoms with Crippen LogP contribution in [0.2, 0.25) is 0 Å². The maximum atomic E-state index is 12.7. The second kappa shape index (κ2) is 8.21. The molecule has 1 fully saturated rings. The monoisotopic (exact) mass is 382 g/mol. The van der Waals surface area contributed by atoms with Crippen LogP contribution in [-0.2, 0) is 6.42 Å². The van der Waals surface area contributed by atoms with E-state index < -0.39 is 10.9 Å². The molecule has 146 valence electrons. The molecule has 7 nitrogen and oxygen atoms in total. The molecule has 7 heteroatoms. The van der Waals surface area contributed by atoms with E-state index in [0.717, 1.165) is 18.4 Å². The maximum absolute atomic E-state index is 12.7. The van der Waals surface area contributed by atoms with Gasteiger partial charge in [0.05, 0.1) is 10.5 Å². The number of nitrogens with zero attached hydrogens (tertiary/aromatic N) is 2. The molecule has 2 aromatic rings. The van der Waals surface area contributed by atoms with Crippen LogP contribution in [0.25, 0.3) is 0 Å². The fraction of sp³-hybridized carbons (Fsp3) is 0.333. The Morgan fingerprint density at radius 1 is 1.18 bits per heavy atom. The Hall–Kier alpha value is -3.22. The molecule has 28 heavy (non-hydrogen) atoms. The number of carbonyl (C=O) groups excluding carboxylic acids is 1. The minimum absolute atomic E-state index is 0.00681. The van der Waals surface area contributed by atoms with E-state index in [4.69, 9.17) is 0 Å². The molecule has 0 saturated carbocycles. The highest BCUT2D eigenvalue weighted by molar-refractivity contribution is 5.94. The average molecular weight is 382 g/mol. The van der Waals surface area contributed by atoms with Crippen LogP contribution in [0.4, 0.5) is 5.69 Å². The molecule has 0 radical (unpaired) electrons. The Labute approximate surface area is 162 Å². The second-order valence-electron chi connectivity index (χ2n) is 7.16. The topological polar surface area (TPSA) is 101 Å². The summed E-state index contributed by atoms with van der Waals surface area (Å²) in [6, 6.07) is 11.5. The number of amides is 1. The number of nitro benzene ring substituents is 1. The minimum Gasteiger partial charge on any atom is -0.478 e. The van der Waals surface area contributed by atoms with Gasteiger partial charge in [-0.2, -0.15) is 0 Å². The van der Waals surface area contributed by atoms with Crippen LogP contribution in [0.5, 0.6) is 0 Å². The maximum Gasteiger partial charge on any atom is 0.335 e. The largest absolute Gasteiger partial charge is 0.478 e. The SMILES string of the molecule is Cc1cc(C(=O)N2CCC(Cc3ccccc3C(=O)O)CC2)ccc1[N+](=O)[O-]. The first kappa shape index (κ1) is 19.5. The molecular formula is C21H22N2O5. The van der Waals surface area contributed by atoms with Crippen molar-refractivity contribution in [1.29, 1.82) is 0 Å². The van der Waals surface area contributed by atoms with Crippen LogP contribution in [0.15, 0.2) is 42.5 Å². The molecule has 1 N–H and O–H groups in total. The quantitative estimate of drug-likeness (QED) is 0.628. The third-order valence-electron chi connectivity index (χ3n) is 5.30. The number of piperidine rings is 1. The molecule has 0 aromatic heterocycles. The summed E-state index contributed by atoms with van der Waals surface area (Å²) in [6.45, 7) is 2.81. The first-order valence-electron chi connectivity index (χ1n) is 9.22. The highest BCUT2D eigenvalue weighted by atomic mass is 16.6. The van der Waals surface area contributed by atoms with Crippen molar-refractivity contribution >= 4 is 17.6 Å². The first-order chi connectivity index (χ1) is 13.4. The van der Waals surface area contributed by atoms with Crippen molar-refractivity contribution in [3.05, 3.63) is 74.8 Å². The van der Waals surface area contributed by atoms with Gasteiger partial charge in [-0.3, -0.25) is 14.9 Å². The van der Waals surface area contributed by atoms with Crippen molar-refractivity contribution in [2.45, 2.75) is 26.2 Å². The number of hydrogen-bond acceptors (Lipinski definition) is 4. The number of aryl methyl sites for hydroxylation is 1. The molecular weight excluding hydrogens is 360 g/mol. The van der Waals surface area contributed by atoms with Gasteiger partial charge in [-0.05, 0) is 55.9 Å². The van der Waals surface area contributed by atoms with Gasteiger partial charge in [-0.25, -0.2) is 4.79 Å². The fourth-order valence-electron chi connectivity index (χ4n) is 3.73. The van der Waals surface area contributed by atoms with Gasteiger partial charge in [0.2, 0.25) is 0 Å². The zero-order chi connectivity index (χ0) is 20.3. The Morgan fingerprint density at radius 3 is 2.46 bits per heavy atom. The Bertz CT molecular complexity index is 917. The number of likely N-dealkylation sites (tertiary alicyclic amines) is 1. The highest BCUT2D eigenvalue weighted by Crippen LogP contribution is 2.25. The summed E-state index contributed by atoms with van der Waals surface area (Å²) in [5.41, 5.74) is 2.09. The van der Waals surface area contributed by atoms with Gasteiger partial charge < -0.3 is 10.0 Å². The summed E-state index contributed by atoms with van der Waals surface area (Å²) >= 11 is 0. The van der Waals surface area contributed by atoms with Gasteiger partial charge in [0.1, 0.15) is 0 Å². The second-order valence-corrected chi connectivity index (χ2v) is 7.16. The number of carboxylic acids is 1. The predicted octanol–water partition coefficient (Wildman–Crippen LogP) is 3.70. The van der Waals surface area contributed by atoms with Gasteiger partial charge in [0.25, 0.3) is 11.6 Å². The van der Waals surface area contributed by atoms with Crippen molar-refractivity contribution in [3.63, 3.8) is 0 Å². The number of carbonyl (C=O) groups is 2. The summed E-state index contributed by atoms with van der Waals surface area (Å²) in [5.74, 6) is -0.720. The average Bonchev–Trinajstić information content (AvgIpc) is 2.68. The van der Waals surface area contributed by atoms with E-state index in [2.05, 4.69) is 0 Å². The minimum atomic E-state index is -0.920. The summed E-state index contributed by atoms with van der Waals surface area (Å²) in [6.07, 6.45) is 2.28. The van der Waals surface area contributed by atoms with Crippen LogP contribution in [0.3, 0.4) is 0 Å². The van der Waals surface area contributed by atoms with Gasteiger partial charge in [0.15, 0.2) is 0 Å². The third kappa shape index (κ3) is 4.19. The van der Waals surface area contributed by atoms with Crippen LogP contribution >= 0.6 is 0 Å². The molecule has 1 amide bonds. The van der Waals surface area contributed by atoms with Crippen LogP contribution < -0.4 is 0 Å². The van der Waals surface area contributed by atoms with Gasteiger partial charge >= 0.3 is 5.97 Å². The van der Waals surface area contributed by atoms with E-state index in [1.165, 1.54) is 12.1 Å². The molecule has 0 bridgehead atoms. The molecule has 1 aliphatic heterocycles. The van der Waals surface area contributed by atoms with E-state index in [0.29, 0.717) is 42.1 Å². The molecule has 3 rings (SSSR count). The molecule has 0 spiro atoms.